The molecule has 1 aromatic carbocycles. The van der Waals surface area contributed by atoms with Crippen LogP contribution >= 0.6 is 15.9 Å². The highest BCUT2D eigenvalue weighted by Gasteiger charge is 2.19. The molecule has 3 heteroatoms. The fourth-order valence-corrected chi connectivity index (χ4v) is 2.46. The normalized spacial score (nSPS) is 15.2. The summed E-state index contributed by atoms with van der Waals surface area (Å²) in [6, 6.07) is 7.36. The van der Waals surface area contributed by atoms with Crippen molar-refractivity contribution in [2.75, 3.05) is 13.1 Å². The van der Waals surface area contributed by atoms with Gasteiger partial charge in [0, 0.05) is 17.1 Å². The molecule has 0 amide bonds. The van der Waals surface area contributed by atoms with Gasteiger partial charge in [-0.3, -0.25) is 0 Å². The number of halogens is 1. The molecule has 1 aliphatic carbocycles. The predicted octanol–water partition coefficient (Wildman–Crippen LogP) is 2.99. The summed E-state index contributed by atoms with van der Waals surface area (Å²) in [5.41, 5.74) is 2.64. The Hall–Kier alpha value is -0.380. The highest BCUT2D eigenvalue weighted by Crippen LogP contribution is 2.18. The van der Waals surface area contributed by atoms with E-state index >= 15 is 0 Å². The van der Waals surface area contributed by atoms with Crippen molar-refractivity contribution < 1.29 is 0 Å². The van der Waals surface area contributed by atoms with Crippen LogP contribution in [0.5, 0.6) is 0 Å². The maximum atomic E-state index is 3.60. The van der Waals surface area contributed by atoms with Crippen LogP contribution in [0.15, 0.2) is 22.7 Å². The second-order valence-electron chi connectivity index (χ2n) is 4.85. The summed E-state index contributed by atoms with van der Waals surface area (Å²) < 4.78 is 1.21. The number of hydrogen-bond donors (Lipinski definition) is 2. The Kier molecular flexibility index (Phi) is 5.01. The maximum Gasteiger partial charge on any atom is 0.0222 e. The Balaban J connectivity index is 1.60. The van der Waals surface area contributed by atoms with Gasteiger partial charge in [0.05, 0.1) is 0 Å². The minimum absolute atomic E-state index is 0.834. The standard InChI is InChI=1S/C14H21BrN2/c1-11-3-4-12(14(15)9-11)10-16-7-2-8-17-13-5-6-13/h3-4,9,13,16-17H,2,5-8,10H2,1H3. The van der Waals surface area contributed by atoms with E-state index < -0.39 is 0 Å². The summed E-state index contributed by atoms with van der Waals surface area (Å²) >= 11 is 3.60. The summed E-state index contributed by atoms with van der Waals surface area (Å²) in [6.07, 6.45) is 3.97. The third kappa shape index (κ3) is 4.78. The minimum atomic E-state index is 0.834. The van der Waals surface area contributed by atoms with E-state index in [0.29, 0.717) is 0 Å². The van der Waals surface area contributed by atoms with E-state index in [1.165, 1.54) is 34.9 Å². The van der Waals surface area contributed by atoms with Crippen molar-refractivity contribution in [3.8, 4) is 0 Å². The molecule has 0 aromatic heterocycles. The van der Waals surface area contributed by atoms with Crippen LogP contribution in [0.3, 0.4) is 0 Å². The molecular weight excluding hydrogens is 276 g/mol. The molecule has 17 heavy (non-hydrogen) atoms. The van der Waals surface area contributed by atoms with Crippen LogP contribution in [0.2, 0.25) is 0 Å². The van der Waals surface area contributed by atoms with E-state index in [1.54, 1.807) is 0 Å². The first kappa shape index (κ1) is 13.1. The van der Waals surface area contributed by atoms with Crippen molar-refractivity contribution in [1.82, 2.24) is 10.6 Å². The molecule has 94 valence electrons. The first-order valence-electron chi connectivity index (χ1n) is 6.45. The van der Waals surface area contributed by atoms with Crippen molar-refractivity contribution in [3.63, 3.8) is 0 Å². The van der Waals surface area contributed by atoms with E-state index in [4.69, 9.17) is 0 Å². The van der Waals surface area contributed by atoms with Gasteiger partial charge in [0.25, 0.3) is 0 Å². The van der Waals surface area contributed by atoms with E-state index in [2.05, 4.69) is 51.7 Å². The maximum absolute atomic E-state index is 3.60. The summed E-state index contributed by atoms with van der Waals surface area (Å²) in [5, 5.41) is 7.01. The summed E-state index contributed by atoms with van der Waals surface area (Å²) in [5.74, 6) is 0. The second kappa shape index (κ2) is 6.53. The lowest BCUT2D eigenvalue weighted by atomic mass is 10.1. The van der Waals surface area contributed by atoms with Gasteiger partial charge in [-0.05, 0) is 56.5 Å². The van der Waals surface area contributed by atoms with Crippen molar-refractivity contribution in [2.24, 2.45) is 0 Å². The van der Waals surface area contributed by atoms with Crippen molar-refractivity contribution >= 4 is 15.9 Å². The molecule has 2 nitrogen and oxygen atoms in total. The van der Waals surface area contributed by atoms with Gasteiger partial charge in [-0.15, -0.1) is 0 Å². The second-order valence-corrected chi connectivity index (χ2v) is 5.71. The Morgan fingerprint density at radius 2 is 2.12 bits per heavy atom. The first-order valence-corrected chi connectivity index (χ1v) is 7.24. The third-order valence-corrected chi connectivity index (χ3v) is 3.80. The zero-order valence-electron chi connectivity index (χ0n) is 10.4. The summed E-state index contributed by atoms with van der Waals surface area (Å²) in [7, 11) is 0. The Labute approximate surface area is 112 Å². The lowest BCUT2D eigenvalue weighted by Gasteiger charge is -2.08. The average molecular weight is 297 g/mol. The lowest BCUT2D eigenvalue weighted by Crippen LogP contribution is -2.23. The van der Waals surface area contributed by atoms with Crippen LogP contribution < -0.4 is 10.6 Å². The van der Waals surface area contributed by atoms with Crippen molar-refractivity contribution in [3.05, 3.63) is 33.8 Å². The molecule has 1 aromatic rings. The summed E-state index contributed by atoms with van der Waals surface area (Å²) in [4.78, 5) is 0. The molecule has 1 aliphatic rings. The van der Waals surface area contributed by atoms with Crippen LogP contribution in [-0.4, -0.2) is 19.1 Å². The van der Waals surface area contributed by atoms with Gasteiger partial charge in [0.2, 0.25) is 0 Å². The topological polar surface area (TPSA) is 24.1 Å². The number of nitrogens with one attached hydrogen (secondary N) is 2. The number of hydrogen-bond acceptors (Lipinski definition) is 2. The van der Waals surface area contributed by atoms with Crippen LogP contribution in [0.25, 0.3) is 0 Å². The van der Waals surface area contributed by atoms with Gasteiger partial charge in [0.1, 0.15) is 0 Å². The van der Waals surface area contributed by atoms with Crippen LogP contribution in [-0.2, 0) is 6.54 Å². The molecule has 0 saturated heterocycles. The SMILES string of the molecule is Cc1ccc(CNCCCNC2CC2)c(Br)c1. The van der Waals surface area contributed by atoms with Crippen LogP contribution in [0.1, 0.15) is 30.4 Å². The van der Waals surface area contributed by atoms with E-state index in [9.17, 15) is 0 Å². The largest absolute Gasteiger partial charge is 0.314 e. The van der Waals surface area contributed by atoms with Crippen molar-refractivity contribution in [2.45, 2.75) is 38.8 Å². The van der Waals surface area contributed by atoms with E-state index in [-0.39, 0.29) is 0 Å². The molecule has 1 saturated carbocycles. The number of aryl methyl sites for hydroxylation is 1. The third-order valence-electron chi connectivity index (χ3n) is 3.06. The predicted molar refractivity (Wildman–Crippen MR) is 76.2 cm³/mol. The molecule has 0 radical (unpaired) electrons. The molecule has 0 bridgehead atoms. The number of rotatable bonds is 7. The molecule has 1 fully saturated rings. The molecule has 0 unspecified atom stereocenters. The highest BCUT2D eigenvalue weighted by molar-refractivity contribution is 9.10. The minimum Gasteiger partial charge on any atom is -0.314 e. The quantitative estimate of drug-likeness (QED) is 0.756. The van der Waals surface area contributed by atoms with E-state index in [1.807, 2.05) is 0 Å². The van der Waals surface area contributed by atoms with Gasteiger partial charge in [-0.25, -0.2) is 0 Å². The molecule has 0 atom stereocenters. The zero-order chi connectivity index (χ0) is 12.1. The number of benzene rings is 1. The molecule has 2 N–H and O–H groups in total. The molecule has 0 heterocycles. The molecular formula is C14H21BrN2. The monoisotopic (exact) mass is 296 g/mol. The molecule has 0 aliphatic heterocycles. The van der Waals surface area contributed by atoms with Crippen LogP contribution in [0.4, 0.5) is 0 Å². The zero-order valence-corrected chi connectivity index (χ0v) is 12.0. The summed E-state index contributed by atoms with van der Waals surface area (Å²) in [6.45, 7) is 5.29. The molecule has 0 spiro atoms. The fraction of sp³-hybridized carbons (Fsp3) is 0.571. The first-order chi connectivity index (χ1) is 8.25. The molecule has 2 rings (SSSR count). The Morgan fingerprint density at radius 3 is 2.82 bits per heavy atom. The van der Waals surface area contributed by atoms with E-state index in [0.717, 1.165) is 25.7 Å². The van der Waals surface area contributed by atoms with Gasteiger partial charge >= 0.3 is 0 Å². The Morgan fingerprint density at radius 1 is 1.29 bits per heavy atom. The smallest absolute Gasteiger partial charge is 0.0222 e. The van der Waals surface area contributed by atoms with Gasteiger partial charge in [0.15, 0.2) is 0 Å². The highest BCUT2D eigenvalue weighted by atomic mass is 79.9. The lowest BCUT2D eigenvalue weighted by molar-refractivity contribution is 0.592. The van der Waals surface area contributed by atoms with Gasteiger partial charge < -0.3 is 10.6 Å². The van der Waals surface area contributed by atoms with Gasteiger partial charge in [-0.2, -0.15) is 0 Å². The van der Waals surface area contributed by atoms with Crippen molar-refractivity contribution in [1.29, 1.82) is 0 Å². The Bertz CT molecular complexity index is 361. The van der Waals surface area contributed by atoms with Crippen LogP contribution in [0, 0.1) is 6.92 Å². The fourth-order valence-electron chi connectivity index (χ4n) is 1.83. The van der Waals surface area contributed by atoms with Gasteiger partial charge in [-0.1, -0.05) is 28.1 Å². The average Bonchev–Trinajstić information content (AvgIpc) is 3.09.